The minimum atomic E-state index is 0.214. The maximum absolute atomic E-state index is 4.26. The molecule has 0 aromatic carbocycles. The van der Waals surface area contributed by atoms with Crippen LogP contribution >= 0.6 is 0 Å². The van der Waals surface area contributed by atoms with Gasteiger partial charge in [-0.3, -0.25) is 5.32 Å². The van der Waals surface area contributed by atoms with Crippen LogP contribution in [0.5, 0.6) is 0 Å². The average molecular weight is 481 g/mol. The Hall–Kier alpha value is -1.09. The number of rotatable bonds is 6. The quantitative estimate of drug-likeness (QED) is 0.320. The fourth-order valence-electron chi connectivity index (χ4n) is 8.66. The number of allylic oxidation sites excluding steroid dienone is 3. The van der Waals surface area contributed by atoms with Crippen molar-refractivity contribution >= 4 is 5.84 Å². The van der Waals surface area contributed by atoms with Gasteiger partial charge < -0.3 is 5.32 Å². The van der Waals surface area contributed by atoms with Gasteiger partial charge in [-0.15, -0.1) is 0 Å². The molecule has 3 nitrogen and oxygen atoms in total. The Morgan fingerprint density at radius 2 is 1.89 bits per heavy atom. The maximum Gasteiger partial charge on any atom is 0.253 e. The first-order valence-corrected chi connectivity index (χ1v) is 15.4. The maximum atomic E-state index is 4.26. The molecule has 2 fully saturated rings. The zero-order valence-electron chi connectivity index (χ0n) is 23.7. The van der Waals surface area contributed by atoms with Crippen molar-refractivity contribution in [2.45, 2.75) is 117 Å². The Kier molecular flexibility index (Phi) is 7.55. The van der Waals surface area contributed by atoms with Gasteiger partial charge in [0.2, 0.25) is 0 Å². The number of hydrogen-bond acceptors (Lipinski definition) is 2. The number of fused-ring (bicyclic) bond motifs is 1. The molecule has 2 aliphatic heterocycles. The first-order chi connectivity index (χ1) is 16.9. The standard InChI is InChI=1S/C32H53N3/c1-7-21(2)23(4)19-27-16-18-35-29(25-12-8-13-25)20-28-22(3)11-10-17-32(28,33-6)30(26-14-9-15-26)24(5)31(35)34-27/h10-11,21-24,26-28,30,33H,7-9,12-20H2,1-6H3/p+1. The normalized spacial score (nSPS) is 39.4. The van der Waals surface area contributed by atoms with Gasteiger partial charge in [0.1, 0.15) is 5.70 Å². The average Bonchev–Trinajstić information content (AvgIpc) is 2.79. The number of hydrogen-bond donors (Lipinski definition) is 2. The monoisotopic (exact) mass is 480 g/mol. The van der Waals surface area contributed by atoms with Crippen LogP contribution in [0.3, 0.4) is 0 Å². The van der Waals surface area contributed by atoms with Crippen molar-refractivity contribution in [3.05, 3.63) is 23.4 Å². The Balaban J connectivity index is 1.57. The van der Waals surface area contributed by atoms with Gasteiger partial charge in [0.15, 0.2) is 0 Å². The van der Waals surface area contributed by atoms with Gasteiger partial charge in [0.25, 0.3) is 5.84 Å². The van der Waals surface area contributed by atoms with Crippen LogP contribution < -0.4 is 10.6 Å². The van der Waals surface area contributed by atoms with Gasteiger partial charge >= 0.3 is 0 Å². The molecule has 35 heavy (non-hydrogen) atoms. The molecule has 0 amide bonds. The van der Waals surface area contributed by atoms with E-state index in [0.717, 1.165) is 17.8 Å². The Morgan fingerprint density at radius 3 is 2.49 bits per heavy atom. The van der Waals surface area contributed by atoms with E-state index in [-0.39, 0.29) is 5.54 Å². The zero-order chi connectivity index (χ0) is 24.7. The summed E-state index contributed by atoms with van der Waals surface area (Å²) >= 11 is 0. The number of nitrogens with one attached hydrogen (secondary N) is 2. The van der Waals surface area contributed by atoms with Gasteiger partial charge in [0, 0.05) is 18.4 Å². The van der Waals surface area contributed by atoms with E-state index < -0.39 is 0 Å². The molecular formula is C32H54N3+. The third kappa shape index (κ3) is 4.47. The Bertz CT molecular complexity index is 858. The SMILES string of the molecule is CCC(C)C(C)CC1CC[N+]2=C(N1)C(C)C(C1CCC1)C1(NC)CC=CC(C)C1CC2=C1CCC1. The summed E-state index contributed by atoms with van der Waals surface area (Å²) in [6.45, 7) is 13.6. The minimum absolute atomic E-state index is 0.214. The van der Waals surface area contributed by atoms with Crippen LogP contribution in [0.4, 0.5) is 0 Å². The van der Waals surface area contributed by atoms with E-state index >= 15 is 0 Å². The lowest BCUT2D eigenvalue weighted by molar-refractivity contribution is -0.495. The van der Waals surface area contributed by atoms with Gasteiger partial charge in [-0.1, -0.05) is 72.5 Å². The van der Waals surface area contributed by atoms with E-state index in [2.05, 4.69) is 69.0 Å². The lowest BCUT2D eigenvalue weighted by Crippen LogP contribution is -2.66. The van der Waals surface area contributed by atoms with E-state index in [4.69, 9.17) is 0 Å². The predicted molar refractivity (Wildman–Crippen MR) is 149 cm³/mol. The first kappa shape index (κ1) is 25.6. The molecule has 196 valence electrons. The lowest BCUT2D eigenvalue weighted by Gasteiger charge is -2.57. The van der Waals surface area contributed by atoms with Gasteiger partial charge in [-0.05, 0) is 80.2 Å². The second-order valence-electron chi connectivity index (χ2n) is 13.3. The van der Waals surface area contributed by atoms with Crippen LogP contribution in [0.15, 0.2) is 23.4 Å². The molecule has 0 aromatic rings. The van der Waals surface area contributed by atoms with Crippen molar-refractivity contribution in [1.29, 1.82) is 0 Å². The molecule has 2 saturated carbocycles. The fraction of sp³-hybridized carbons (Fsp3) is 0.844. The topological polar surface area (TPSA) is 27.1 Å². The van der Waals surface area contributed by atoms with E-state index in [0.29, 0.717) is 29.7 Å². The molecule has 3 heteroatoms. The number of nitrogens with zero attached hydrogens (tertiary/aromatic N) is 1. The highest BCUT2D eigenvalue weighted by Gasteiger charge is 2.56. The van der Waals surface area contributed by atoms with E-state index in [1.165, 1.54) is 77.2 Å². The van der Waals surface area contributed by atoms with Crippen molar-refractivity contribution in [1.82, 2.24) is 10.6 Å². The summed E-state index contributed by atoms with van der Waals surface area (Å²) < 4.78 is 2.85. The molecule has 8 unspecified atom stereocenters. The fourth-order valence-corrected chi connectivity index (χ4v) is 8.66. The molecule has 0 spiro atoms. The van der Waals surface area contributed by atoms with E-state index in [1.807, 2.05) is 0 Å². The van der Waals surface area contributed by atoms with Crippen molar-refractivity contribution in [3.8, 4) is 0 Å². The van der Waals surface area contributed by atoms with Crippen LogP contribution in [-0.2, 0) is 0 Å². The molecule has 0 saturated heterocycles. The highest BCUT2D eigenvalue weighted by molar-refractivity contribution is 5.81. The molecular weight excluding hydrogens is 426 g/mol. The molecule has 2 heterocycles. The molecule has 8 atom stereocenters. The Morgan fingerprint density at radius 1 is 1.11 bits per heavy atom. The minimum Gasteiger partial charge on any atom is -0.313 e. The zero-order valence-corrected chi connectivity index (χ0v) is 23.7. The third-order valence-electron chi connectivity index (χ3n) is 11.6. The molecule has 2 N–H and O–H groups in total. The molecule has 5 rings (SSSR count). The summed E-state index contributed by atoms with van der Waals surface area (Å²) in [7, 11) is 2.29. The van der Waals surface area contributed by atoms with Crippen LogP contribution in [0, 0.1) is 41.4 Å². The summed E-state index contributed by atoms with van der Waals surface area (Å²) in [5.41, 5.74) is 3.71. The second kappa shape index (κ2) is 10.3. The second-order valence-corrected chi connectivity index (χ2v) is 13.3. The van der Waals surface area contributed by atoms with Crippen LogP contribution in [0.1, 0.15) is 105 Å². The summed E-state index contributed by atoms with van der Waals surface area (Å²) in [5, 5.41) is 8.33. The van der Waals surface area contributed by atoms with Crippen molar-refractivity contribution in [2.75, 3.05) is 13.6 Å². The van der Waals surface area contributed by atoms with Gasteiger partial charge in [-0.2, -0.15) is 0 Å². The van der Waals surface area contributed by atoms with Crippen molar-refractivity contribution in [3.63, 3.8) is 0 Å². The first-order valence-electron chi connectivity index (χ1n) is 15.4. The summed E-state index contributed by atoms with van der Waals surface area (Å²) in [6.07, 6.45) is 19.8. The molecule has 0 radical (unpaired) electrons. The molecule has 5 aliphatic rings. The Labute approximate surface area is 216 Å². The largest absolute Gasteiger partial charge is 0.313 e. The number of amidine groups is 1. The van der Waals surface area contributed by atoms with Crippen LogP contribution in [0.2, 0.25) is 0 Å². The van der Waals surface area contributed by atoms with Crippen LogP contribution in [-0.4, -0.2) is 35.6 Å². The van der Waals surface area contributed by atoms with Crippen molar-refractivity contribution in [2.24, 2.45) is 41.4 Å². The van der Waals surface area contributed by atoms with E-state index in [1.54, 1.807) is 17.1 Å². The summed E-state index contributed by atoms with van der Waals surface area (Å²) in [4.78, 5) is 0. The van der Waals surface area contributed by atoms with Gasteiger partial charge in [0.05, 0.1) is 18.5 Å². The smallest absolute Gasteiger partial charge is 0.253 e. The summed E-state index contributed by atoms with van der Waals surface area (Å²) in [6, 6.07) is 0.633. The van der Waals surface area contributed by atoms with Gasteiger partial charge in [-0.25, -0.2) is 4.58 Å². The molecule has 0 bridgehead atoms. The van der Waals surface area contributed by atoms with Crippen molar-refractivity contribution < 1.29 is 4.58 Å². The summed E-state index contributed by atoms with van der Waals surface area (Å²) in [5.74, 6) is 6.69. The predicted octanol–water partition coefficient (Wildman–Crippen LogP) is 6.90. The highest BCUT2D eigenvalue weighted by Crippen LogP contribution is 2.53. The third-order valence-corrected chi connectivity index (χ3v) is 11.6. The lowest BCUT2D eigenvalue weighted by atomic mass is 9.53. The molecule has 3 aliphatic carbocycles. The highest BCUT2D eigenvalue weighted by atomic mass is 15.2. The molecule has 0 aromatic heterocycles. The van der Waals surface area contributed by atoms with E-state index in [9.17, 15) is 0 Å². The van der Waals surface area contributed by atoms with Crippen LogP contribution in [0.25, 0.3) is 0 Å².